The summed E-state index contributed by atoms with van der Waals surface area (Å²) in [5.41, 5.74) is 6.26. The van der Waals surface area contributed by atoms with E-state index >= 15 is 0 Å². The highest BCUT2D eigenvalue weighted by Gasteiger charge is 2.27. The fourth-order valence-electron chi connectivity index (χ4n) is 2.12. The first-order valence-electron chi connectivity index (χ1n) is 8.59. The van der Waals surface area contributed by atoms with E-state index in [-0.39, 0.29) is 24.6 Å². The molecule has 28 heavy (non-hydrogen) atoms. The molecule has 0 aliphatic heterocycles. The zero-order valence-electron chi connectivity index (χ0n) is 15.6. The van der Waals surface area contributed by atoms with Crippen LogP contribution in [0.2, 0.25) is 0 Å². The highest BCUT2D eigenvalue weighted by atomic mass is 32.1. The van der Waals surface area contributed by atoms with Crippen molar-refractivity contribution in [3.8, 4) is 0 Å². The number of hydrogen-bond acceptors (Lipinski definition) is 7. The van der Waals surface area contributed by atoms with E-state index in [1.54, 1.807) is 13.8 Å². The fraction of sp³-hybridized carbons (Fsp3) is 0.562. The molecule has 0 bridgehead atoms. The first kappa shape index (κ1) is 23.4. The Morgan fingerprint density at radius 3 is 2.39 bits per heavy atom. The number of carboxylic acids is 1. The molecule has 3 unspecified atom stereocenters. The highest BCUT2D eigenvalue weighted by Crippen LogP contribution is 2.01. The second-order valence-corrected chi connectivity index (χ2v) is 6.84. The number of aromatic nitrogens is 2. The lowest BCUT2D eigenvalue weighted by Crippen LogP contribution is -2.55. The van der Waals surface area contributed by atoms with Crippen molar-refractivity contribution < 1.29 is 24.3 Å². The minimum absolute atomic E-state index is 0.0515. The van der Waals surface area contributed by atoms with Crippen molar-refractivity contribution >= 4 is 36.3 Å². The van der Waals surface area contributed by atoms with Gasteiger partial charge < -0.3 is 31.8 Å². The SMILES string of the molecule is CC(C)C(N)C(=O)NCC(=O)NC(Cc1cnc[nH]1)C(=O)NC(CS)C(=O)O. The number of nitrogens with one attached hydrogen (secondary N) is 4. The van der Waals surface area contributed by atoms with Crippen LogP contribution >= 0.6 is 12.6 Å². The monoisotopic (exact) mass is 414 g/mol. The number of H-pyrrole nitrogens is 1. The normalized spacial score (nSPS) is 14.0. The molecule has 0 saturated heterocycles. The molecule has 0 saturated carbocycles. The predicted molar refractivity (Wildman–Crippen MR) is 103 cm³/mol. The summed E-state index contributed by atoms with van der Waals surface area (Å²) >= 11 is 3.89. The zero-order valence-corrected chi connectivity index (χ0v) is 16.5. The molecule has 1 aromatic rings. The van der Waals surface area contributed by atoms with Crippen LogP contribution in [0.5, 0.6) is 0 Å². The minimum atomic E-state index is -1.25. The summed E-state index contributed by atoms with van der Waals surface area (Å²) in [6.45, 7) is 3.17. The van der Waals surface area contributed by atoms with Crippen LogP contribution in [0.4, 0.5) is 0 Å². The smallest absolute Gasteiger partial charge is 0.327 e. The van der Waals surface area contributed by atoms with Gasteiger partial charge in [-0.2, -0.15) is 12.6 Å². The minimum Gasteiger partial charge on any atom is -0.480 e. The maximum atomic E-state index is 12.4. The number of hydrogen-bond donors (Lipinski definition) is 7. The van der Waals surface area contributed by atoms with Crippen molar-refractivity contribution in [2.75, 3.05) is 12.3 Å². The van der Waals surface area contributed by atoms with Crippen LogP contribution in [-0.2, 0) is 25.6 Å². The molecular weight excluding hydrogens is 388 g/mol. The molecule has 0 aliphatic rings. The van der Waals surface area contributed by atoms with Gasteiger partial charge in [0.1, 0.15) is 12.1 Å². The Kier molecular flexibility index (Phi) is 9.45. The Morgan fingerprint density at radius 2 is 1.89 bits per heavy atom. The van der Waals surface area contributed by atoms with E-state index in [4.69, 9.17) is 10.8 Å². The molecule has 0 spiro atoms. The van der Waals surface area contributed by atoms with Gasteiger partial charge in [0.2, 0.25) is 17.7 Å². The molecule has 156 valence electrons. The van der Waals surface area contributed by atoms with E-state index in [0.29, 0.717) is 5.69 Å². The standard InChI is InChI=1S/C16H26N6O5S/c1-8(2)13(17)15(25)19-5-12(23)21-10(3-9-4-18-7-20-9)14(24)22-11(6-28)16(26)27/h4,7-8,10-11,13,28H,3,5-6,17H2,1-2H3,(H,18,20)(H,19,25)(H,21,23)(H,22,24)(H,26,27). The molecule has 1 aromatic heterocycles. The number of imidazole rings is 1. The van der Waals surface area contributed by atoms with Crippen LogP contribution < -0.4 is 21.7 Å². The molecule has 7 N–H and O–H groups in total. The third-order valence-corrected chi connectivity index (χ3v) is 4.24. The lowest BCUT2D eigenvalue weighted by atomic mass is 10.1. The number of amides is 3. The number of aliphatic carboxylic acids is 1. The zero-order chi connectivity index (χ0) is 21.3. The number of carboxylic acid groups (broad SMARTS) is 1. The summed E-state index contributed by atoms with van der Waals surface area (Å²) < 4.78 is 0. The number of carbonyl (C=O) groups excluding carboxylic acids is 3. The Labute approximate surface area is 167 Å². The molecule has 0 fully saturated rings. The van der Waals surface area contributed by atoms with Crippen molar-refractivity contribution in [3.05, 3.63) is 18.2 Å². The number of carbonyl (C=O) groups is 4. The predicted octanol–water partition coefficient (Wildman–Crippen LogP) is -1.96. The molecule has 3 amide bonds. The molecule has 1 rings (SSSR count). The van der Waals surface area contributed by atoms with Gasteiger partial charge in [-0.25, -0.2) is 9.78 Å². The van der Waals surface area contributed by atoms with Gasteiger partial charge in [-0.3, -0.25) is 14.4 Å². The molecule has 0 aliphatic carbocycles. The summed E-state index contributed by atoms with van der Waals surface area (Å²) in [4.78, 5) is 54.2. The number of thiol groups is 1. The van der Waals surface area contributed by atoms with Gasteiger partial charge in [-0.15, -0.1) is 0 Å². The Balaban J connectivity index is 2.74. The van der Waals surface area contributed by atoms with E-state index in [1.165, 1.54) is 12.5 Å². The number of nitrogens with zero attached hydrogens (tertiary/aromatic N) is 1. The quantitative estimate of drug-likeness (QED) is 0.205. The van der Waals surface area contributed by atoms with Crippen LogP contribution in [0, 0.1) is 5.92 Å². The van der Waals surface area contributed by atoms with E-state index < -0.39 is 41.8 Å². The van der Waals surface area contributed by atoms with Gasteiger partial charge >= 0.3 is 5.97 Å². The van der Waals surface area contributed by atoms with Gasteiger partial charge in [-0.1, -0.05) is 13.8 Å². The molecule has 1 heterocycles. The molecule has 0 radical (unpaired) electrons. The van der Waals surface area contributed by atoms with Crippen LogP contribution in [0.25, 0.3) is 0 Å². The van der Waals surface area contributed by atoms with E-state index in [2.05, 4.69) is 38.5 Å². The van der Waals surface area contributed by atoms with Crippen molar-refractivity contribution in [3.63, 3.8) is 0 Å². The third-order valence-electron chi connectivity index (χ3n) is 3.87. The van der Waals surface area contributed by atoms with Crippen LogP contribution in [0.3, 0.4) is 0 Å². The molecule has 0 aromatic carbocycles. The van der Waals surface area contributed by atoms with Gasteiger partial charge in [0.25, 0.3) is 0 Å². The van der Waals surface area contributed by atoms with Crippen molar-refractivity contribution in [1.29, 1.82) is 0 Å². The number of nitrogens with two attached hydrogens (primary N) is 1. The first-order valence-corrected chi connectivity index (χ1v) is 9.22. The highest BCUT2D eigenvalue weighted by molar-refractivity contribution is 7.80. The van der Waals surface area contributed by atoms with Crippen molar-refractivity contribution in [2.45, 2.75) is 38.4 Å². The van der Waals surface area contributed by atoms with Crippen LogP contribution in [-0.4, -0.2) is 69.2 Å². The van der Waals surface area contributed by atoms with Gasteiger partial charge in [-0.05, 0) is 5.92 Å². The third kappa shape index (κ3) is 7.56. The Hall–Kier alpha value is -2.60. The van der Waals surface area contributed by atoms with Crippen molar-refractivity contribution in [1.82, 2.24) is 25.9 Å². The van der Waals surface area contributed by atoms with E-state index in [1.807, 2.05) is 0 Å². The average molecular weight is 414 g/mol. The Morgan fingerprint density at radius 1 is 1.21 bits per heavy atom. The lowest BCUT2D eigenvalue weighted by molar-refractivity contribution is -0.141. The number of rotatable bonds is 11. The van der Waals surface area contributed by atoms with Crippen LogP contribution in [0.15, 0.2) is 12.5 Å². The molecular formula is C16H26N6O5S. The van der Waals surface area contributed by atoms with Crippen LogP contribution in [0.1, 0.15) is 19.5 Å². The Bertz CT molecular complexity index is 681. The molecule has 11 nitrogen and oxygen atoms in total. The largest absolute Gasteiger partial charge is 0.480 e. The first-order chi connectivity index (χ1) is 13.1. The second-order valence-electron chi connectivity index (χ2n) is 6.47. The van der Waals surface area contributed by atoms with Crippen molar-refractivity contribution in [2.24, 2.45) is 11.7 Å². The maximum Gasteiger partial charge on any atom is 0.327 e. The summed E-state index contributed by atoms with van der Waals surface area (Å²) in [5, 5.41) is 16.2. The summed E-state index contributed by atoms with van der Waals surface area (Å²) in [5.74, 6) is -3.27. The number of aromatic amines is 1. The fourth-order valence-corrected chi connectivity index (χ4v) is 2.36. The van der Waals surface area contributed by atoms with E-state index in [9.17, 15) is 19.2 Å². The molecule has 12 heteroatoms. The lowest BCUT2D eigenvalue weighted by Gasteiger charge is -2.21. The topological polar surface area (TPSA) is 179 Å². The average Bonchev–Trinajstić information content (AvgIpc) is 3.15. The summed E-state index contributed by atoms with van der Waals surface area (Å²) in [6, 6.07) is -3.05. The van der Waals surface area contributed by atoms with Gasteiger partial charge in [0.15, 0.2) is 0 Å². The van der Waals surface area contributed by atoms with Gasteiger partial charge in [0.05, 0.1) is 18.9 Å². The van der Waals surface area contributed by atoms with Gasteiger partial charge in [0, 0.05) is 24.1 Å². The van der Waals surface area contributed by atoms with E-state index in [0.717, 1.165) is 0 Å². The maximum absolute atomic E-state index is 12.4. The second kappa shape index (κ2) is 11.3. The molecule has 3 atom stereocenters. The summed E-state index contributed by atoms with van der Waals surface area (Å²) in [6.07, 6.45) is 2.94. The summed E-state index contributed by atoms with van der Waals surface area (Å²) in [7, 11) is 0.